The number of carbonyl (C=O) groups excluding carboxylic acids is 1. The lowest BCUT2D eigenvalue weighted by molar-refractivity contribution is -0.130. The molecule has 0 aromatic heterocycles. The summed E-state index contributed by atoms with van der Waals surface area (Å²) in [5, 5.41) is 9.26. The minimum Gasteiger partial charge on any atom is -0.391 e. The molecule has 1 aliphatic heterocycles. The van der Waals surface area contributed by atoms with E-state index in [9.17, 15) is 9.90 Å². The highest BCUT2D eigenvalue weighted by Gasteiger charge is 2.25. The van der Waals surface area contributed by atoms with Crippen LogP contribution in [0.1, 0.15) is 32.6 Å². The first kappa shape index (κ1) is 11.5. The lowest BCUT2D eigenvalue weighted by Gasteiger charge is -2.18. The molecule has 0 aromatic rings. The maximum atomic E-state index is 11.6. The molecule has 0 spiro atoms. The lowest BCUT2D eigenvalue weighted by Crippen LogP contribution is -2.34. The molecule has 2 atom stereocenters. The topological polar surface area (TPSA) is 66.6 Å². The monoisotopic (exact) mass is 200 g/mol. The van der Waals surface area contributed by atoms with Gasteiger partial charge in [-0.25, -0.2) is 0 Å². The second-order valence-corrected chi connectivity index (χ2v) is 4.04. The van der Waals surface area contributed by atoms with E-state index in [4.69, 9.17) is 5.73 Å². The molecule has 0 aromatic carbocycles. The van der Waals surface area contributed by atoms with Crippen LogP contribution in [-0.2, 0) is 4.79 Å². The molecule has 0 bridgehead atoms. The summed E-state index contributed by atoms with van der Waals surface area (Å²) >= 11 is 0. The minimum atomic E-state index is -0.332. The van der Waals surface area contributed by atoms with Crippen molar-refractivity contribution < 1.29 is 9.90 Å². The van der Waals surface area contributed by atoms with E-state index in [0.717, 1.165) is 12.8 Å². The zero-order valence-corrected chi connectivity index (χ0v) is 8.78. The normalized spacial score (nSPS) is 23.9. The van der Waals surface area contributed by atoms with Gasteiger partial charge in [0.1, 0.15) is 0 Å². The second-order valence-electron chi connectivity index (χ2n) is 4.04. The highest BCUT2D eigenvalue weighted by molar-refractivity contribution is 5.77. The van der Waals surface area contributed by atoms with Gasteiger partial charge in [-0.2, -0.15) is 0 Å². The lowest BCUT2D eigenvalue weighted by atomic mass is 10.1. The average Bonchev–Trinajstić information content (AvgIpc) is 2.52. The van der Waals surface area contributed by atoms with Crippen LogP contribution in [0.25, 0.3) is 0 Å². The van der Waals surface area contributed by atoms with Gasteiger partial charge in [-0.15, -0.1) is 0 Å². The van der Waals surface area contributed by atoms with Crippen molar-refractivity contribution >= 4 is 5.91 Å². The second kappa shape index (κ2) is 5.32. The van der Waals surface area contributed by atoms with Crippen molar-refractivity contribution in [3.05, 3.63) is 0 Å². The third kappa shape index (κ3) is 3.27. The van der Waals surface area contributed by atoms with Gasteiger partial charge in [0.15, 0.2) is 0 Å². The summed E-state index contributed by atoms with van der Waals surface area (Å²) in [5.74, 6) is 0.0856. The van der Waals surface area contributed by atoms with Crippen molar-refractivity contribution in [2.75, 3.05) is 13.1 Å². The van der Waals surface area contributed by atoms with Crippen LogP contribution in [0.5, 0.6) is 0 Å². The highest BCUT2D eigenvalue weighted by Crippen LogP contribution is 2.11. The molecule has 1 aliphatic rings. The van der Waals surface area contributed by atoms with Crippen molar-refractivity contribution in [1.29, 1.82) is 0 Å². The summed E-state index contributed by atoms with van der Waals surface area (Å²) in [4.78, 5) is 13.3. The van der Waals surface area contributed by atoms with E-state index in [0.29, 0.717) is 25.9 Å². The van der Waals surface area contributed by atoms with Crippen molar-refractivity contribution in [3.8, 4) is 0 Å². The molecule has 1 unspecified atom stereocenters. The molecular weight excluding hydrogens is 180 g/mol. The van der Waals surface area contributed by atoms with Crippen LogP contribution in [-0.4, -0.2) is 41.1 Å². The van der Waals surface area contributed by atoms with E-state index in [1.165, 1.54) is 0 Å². The number of hydrogen-bond acceptors (Lipinski definition) is 3. The number of β-amino-alcohol motifs (C(OH)–C–C–N with tert-alkyl or cyclic N) is 1. The smallest absolute Gasteiger partial charge is 0.224 e. The molecule has 14 heavy (non-hydrogen) atoms. The fourth-order valence-electron chi connectivity index (χ4n) is 1.79. The Morgan fingerprint density at radius 3 is 2.93 bits per heavy atom. The number of likely N-dealkylation sites (tertiary alicyclic amines) is 1. The maximum Gasteiger partial charge on any atom is 0.224 e. The molecule has 1 fully saturated rings. The molecule has 1 amide bonds. The maximum absolute atomic E-state index is 11.6. The number of aliphatic hydroxyl groups is 1. The SMILES string of the molecule is CCCC(N)CC(=O)N1CC[C@@H](O)C1. The standard InChI is InChI=1S/C10H20N2O2/c1-2-3-8(11)6-10(14)12-5-4-9(13)7-12/h8-9,13H,2-7,11H2,1H3/t8?,9-/m1/s1. The predicted molar refractivity (Wildman–Crippen MR) is 54.7 cm³/mol. The van der Waals surface area contributed by atoms with Crippen LogP contribution in [0.15, 0.2) is 0 Å². The first-order valence-electron chi connectivity index (χ1n) is 5.35. The van der Waals surface area contributed by atoms with Crippen molar-refractivity contribution in [3.63, 3.8) is 0 Å². The zero-order valence-electron chi connectivity index (χ0n) is 8.78. The first-order valence-corrected chi connectivity index (χ1v) is 5.35. The summed E-state index contributed by atoms with van der Waals surface area (Å²) in [7, 11) is 0. The van der Waals surface area contributed by atoms with Gasteiger partial charge >= 0.3 is 0 Å². The number of amides is 1. The number of nitrogens with zero attached hydrogens (tertiary/aromatic N) is 1. The van der Waals surface area contributed by atoms with E-state index in [-0.39, 0.29) is 18.1 Å². The Morgan fingerprint density at radius 1 is 1.71 bits per heavy atom. The fraction of sp³-hybridized carbons (Fsp3) is 0.900. The molecule has 0 saturated carbocycles. The van der Waals surface area contributed by atoms with Crippen LogP contribution >= 0.6 is 0 Å². The third-order valence-corrected chi connectivity index (χ3v) is 2.61. The summed E-state index contributed by atoms with van der Waals surface area (Å²) in [5.41, 5.74) is 5.78. The third-order valence-electron chi connectivity index (χ3n) is 2.61. The van der Waals surface area contributed by atoms with Crippen molar-refractivity contribution in [2.24, 2.45) is 5.73 Å². The minimum absolute atomic E-state index is 0.0229. The van der Waals surface area contributed by atoms with Crippen LogP contribution < -0.4 is 5.73 Å². The van der Waals surface area contributed by atoms with Crippen LogP contribution in [0, 0.1) is 0 Å². The quantitative estimate of drug-likeness (QED) is 0.676. The Balaban J connectivity index is 2.27. The van der Waals surface area contributed by atoms with Gasteiger partial charge in [0.05, 0.1) is 6.10 Å². The van der Waals surface area contributed by atoms with Gasteiger partial charge in [-0.05, 0) is 12.8 Å². The van der Waals surface area contributed by atoms with Gasteiger partial charge in [-0.3, -0.25) is 4.79 Å². The number of hydrogen-bond donors (Lipinski definition) is 2. The van der Waals surface area contributed by atoms with Crippen LogP contribution in [0.3, 0.4) is 0 Å². The Morgan fingerprint density at radius 2 is 2.43 bits per heavy atom. The molecule has 0 aliphatic carbocycles. The number of aliphatic hydroxyl groups excluding tert-OH is 1. The average molecular weight is 200 g/mol. The summed E-state index contributed by atoms with van der Waals surface area (Å²) in [6.07, 6.45) is 2.69. The largest absolute Gasteiger partial charge is 0.391 e. The van der Waals surface area contributed by atoms with Gasteiger partial charge in [0.2, 0.25) is 5.91 Å². The molecule has 1 rings (SSSR count). The first-order chi connectivity index (χ1) is 6.63. The summed E-state index contributed by atoms with van der Waals surface area (Å²) < 4.78 is 0. The molecule has 1 saturated heterocycles. The Bertz CT molecular complexity index is 197. The molecule has 4 nitrogen and oxygen atoms in total. The number of rotatable bonds is 4. The van der Waals surface area contributed by atoms with E-state index >= 15 is 0 Å². The fourth-order valence-corrected chi connectivity index (χ4v) is 1.79. The Kier molecular flexibility index (Phi) is 4.35. The van der Waals surface area contributed by atoms with E-state index < -0.39 is 0 Å². The van der Waals surface area contributed by atoms with Gasteiger partial charge < -0.3 is 15.7 Å². The molecule has 1 heterocycles. The van der Waals surface area contributed by atoms with Gasteiger partial charge in [0.25, 0.3) is 0 Å². The number of carbonyl (C=O) groups is 1. The predicted octanol–water partition coefficient (Wildman–Crippen LogP) is 0.0971. The summed E-state index contributed by atoms with van der Waals surface area (Å²) in [6, 6.07) is -0.0229. The molecular formula is C10H20N2O2. The van der Waals surface area contributed by atoms with Gasteiger partial charge in [0, 0.05) is 25.6 Å². The highest BCUT2D eigenvalue weighted by atomic mass is 16.3. The zero-order chi connectivity index (χ0) is 10.6. The molecule has 0 radical (unpaired) electrons. The van der Waals surface area contributed by atoms with Crippen molar-refractivity contribution in [1.82, 2.24) is 4.90 Å². The van der Waals surface area contributed by atoms with E-state index in [1.807, 2.05) is 0 Å². The Hall–Kier alpha value is -0.610. The van der Waals surface area contributed by atoms with Crippen LogP contribution in [0.4, 0.5) is 0 Å². The molecule has 82 valence electrons. The molecule has 3 N–H and O–H groups in total. The number of nitrogens with two attached hydrogens (primary N) is 1. The van der Waals surface area contributed by atoms with Crippen LogP contribution in [0.2, 0.25) is 0 Å². The molecule has 4 heteroatoms. The Labute approximate surface area is 85.1 Å². The van der Waals surface area contributed by atoms with Gasteiger partial charge in [-0.1, -0.05) is 13.3 Å². The van der Waals surface area contributed by atoms with E-state index in [2.05, 4.69) is 6.92 Å². The summed E-state index contributed by atoms with van der Waals surface area (Å²) in [6.45, 7) is 3.22. The van der Waals surface area contributed by atoms with Crippen molar-refractivity contribution in [2.45, 2.75) is 44.8 Å². The van der Waals surface area contributed by atoms with E-state index in [1.54, 1.807) is 4.90 Å².